The lowest BCUT2D eigenvalue weighted by atomic mass is 10.1. The molecule has 0 radical (unpaired) electrons. The highest BCUT2D eigenvalue weighted by molar-refractivity contribution is 5.78. The van der Waals surface area contributed by atoms with Gasteiger partial charge in [-0.25, -0.2) is 14.2 Å². The first-order valence-corrected chi connectivity index (χ1v) is 11.3. The van der Waals surface area contributed by atoms with E-state index in [1.54, 1.807) is 36.4 Å². The number of aromatic nitrogens is 3. The summed E-state index contributed by atoms with van der Waals surface area (Å²) in [4.78, 5) is 15.6. The molecule has 10 heteroatoms. The minimum Gasteiger partial charge on any atom is -0.455 e. The van der Waals surface area contributed by atoms with Crippen LogP contribution in [0.1, 0.15) is 25.0 Å². The highest BCUT2D eigenvalue weighted by Gasteiger charge is 2.16. The summed E-state index contributed by atoms with van der Waals surface area (Å²) in [5.41, 5.74) is 4.25. The fourth-order valence-electron chi connectivity index (χ4n) is 3.71. The summed E-state index contributed by atoms with van der Waals surface area (Å²) in [6, 6.07) is 15.6. The smallest absolute Gasteiger partial charge is 0.250 e. The first kappa shape index (κ1) is 22.5. The minimum atomic E-state index is -0.322. The number of rotatable bonds is 7. The predicted molar refractivity (Wildman–Crippen MR) is 131 cm³/mol. The fraction of sp³-hybridized carbons (Fsp3) is 0.200. The van der Waals surface area contributed by atoms with E-state index in [0.29, 0.717) is 29.1 Å². The molecular weight excluding hydrogens is 452 g/mol. The van der Waals surface area contributed by atoms with Crippen LogP contribution in [0.4, 0.5) is 32.3 Å². The molecule has 5 rings (SSSR count). The van der Waals surface area contributed by atoms with Gasteiger partial charge in [0.1, 0.15) is 23.2 Å². The monoisotopic (exact) mass is 475 g/mol. The minimum absolute atomic E-state index is 0.256. The van der Waals surface area contributed by atoms with E-state index in [9.17, 15) is 8.78 Å². The molecule has 0 atom stereocenters. The van der Waals surface area contributed by atoms with Crippen molar-refractivity contribution in [2.45, 2.75) is 19.3 Å². The topological polar surface area (TPSA) is 91.5 Å². The standard InChI is InChI=1S/C25H23F2N7O/c26-18-6-4-17(5-7-18)22-13-12-21(35-22)16-28-33-24-30-23(29-20-10-8-19(27)9-11-20)31-25(32-24)34-14-2-1-3-15-34/h4-13,16H,1-3,14-15H2,(H2,29,30,31,32,33)/b28-16-. The predicted octanol–water partition coefficient (Wildman–Crippen LogP) is 5.59. The van der Waals surface area contributed by atoms with Crippen LogP contribution < -0.4 is 15.6 Å². The van der Waals surface area contributed by atoms with E-state index in [1.165, 1.54) is 36.9 Å². The normalized spacial score (nSPS) is 13.8. The number of nitrogens with zero attached hydrogens (tertiary/aromatic N) is 5. The first-order valence-electron chi connectivity index (χ1n) is 11.3. The molecule has 2 aromatic carbocycles. The molecule has 0 aliphatic carbocycles. The van der Waals surface area contributed by atoms with Gasteiger partial charge in [-0.2, -0.15) is 20.1 Å². The van der Waals surface area contributed by atoms with Crippen molar-refractivity contribution in [1.29, 1.82) is 0 Å². The van der Waals surface area contributed by atoms with E-state index in [0.717, 1.165) is 31.5 Å². The summed E-state index contributed by atoms with van der Waals surface area (Å²) in [5.74, 6) is 1.60. The second-order valence-electron chi connectivity index (χ2n) is 8.04. The average molecular weight is 476 g/mol. The molecule has 8 nitrogen and oxygen atoms in total. The van der Waals surface area contributed by atoms with Crippen molar-refractivity contribution in [2.75, 3.05) is 28.7 Å². The van der Waals surface area contributed by atoms with Crippen LogP contribution in [0.25, 0.3) is 11.3 Å². The second-order valence-corrected chi connectivity index (χ2v) is 8.04. The third-order valence-corrected chi connectivity index (χ3v) is 5.47. The number of hydrogen-bond acceptors (Lipinski definition) is 8. The van der Waals surface area contributed by atoms with Gasteiger partial charge in [-0.15, -0.1) is 0 Å². The van der Waals surface area contributed by atoms with Crippen molar-refractivity contribution >= 4 is 29.7 Å². The molecule has 3 heterocycles. The number of hydrazone groups is 1. The lowest BCUT2D eigenvalue weighted by Crippen LogP contribution is -2.31. The zero-order chi connectivity index (χ0) is 24.0. The van der Waals surface area contributed by atoms with Crippen molar-refractivity contribution in [3.63, 3.8) is 0 Å². The molecule has 178 valence electrons. The van der Waals surface area contributed by atoms with E-state index < -0.39 is 0 Å². The maximum absolute atomic E-state index is 13.3. The highest BCUT2D eigenvalue weighted by atomic mass is 19.1. The Hall–Kier alpha value is -4.34. The number of hydrogen-bond donors (Lipinski definition) is 2. The molecule has 2 N–H and O–H groups in total. The Morgan fingerprint density at radius 3 is 2.23 bits per heavy atom. The Morgan fingerprint density at radius 2 is 1.49 bits per heavy atom. The first-order chi connectivity index (χ1) is 17.1. The average Bonchev–Trinajstić information content (AvgIpc) is 3.35. The number of benzene rings is 2. The Kier molecular flexibility index (Phi) is 6.60. The summed E-state index contributed by atoms with van der Waals surface area (Å²) in [7, 11) is 0. The highest BCUT2D eigenvalue weighted by Crippen LogP contribution is 2.23. The summed E-state index contributed by atoms with van der Waals surface area (Å²) >= 11 is 0. The number of anilines is 4. The molecule has 1 aliphatic rings. The zero-order valence-electron chi connectivity index (χ0n) is 18.8. The molecule has 1 aliphatic heterocycles. The maximum atomic E-state index is 13.3. The van der Waals surface area contributed by atoms with Gasteiger partial charge in [0.2, 0.25) is 17.8 Å². The van der Waals surface area contributed by atoms with Gasteiger partial charge in [-0.3, -0.25) is 0 Å². The SMILES string of the molecule is Fc1ccc(Nc2nc(N/N=C\c3ccc(-c4ccc(F)cc4)o3)nc(N3CCCCC3)n2)cc1. The van der Waals surface area contributed by atoms with Gasteiger partial charge >= 0.3 is 0 Å². The number of nitrogens with one attached hydrogen (secondary N) is 2. The molecule has 2 aromatic heterocycles. The molecule has 0 bridgehead atoms. The summed E-state index contributed by atoms with van der Waals surface area (Å²) in [5, 5.41) is 7.29. The van der Waals surface area contributed by atoms with Crippen LogP contribution in [0.5, 0.6) is 0 Å². The van der Waals surface area contributed by atoms with Crippen LogP contribution in [0.3, 0.4) is 0 Å². The third-order valence-electron chi connectivity index (χ3n) is 5.47. The van der Waals surface area contributed by atoms with E-state index >= 15 is 0 Å². The molecule has 0 unspecified atom stereocenters. The third kappa shape index (κ3) is 5.78. The lowest BCUT2D eigenvalue weighted by Gasteiger charge is -2.26. The number of furan rings is 1. The molecule has 1 saturated heterocycles. The van der Waals surface area contributed by atoms with Crippen LogP contribution in [-0.4, -0.2) is 34.3 Å². The Labute approximate surface area is 200 Å². The lowest BCUT2D eigenvalue weighted by molar-refractivity contribution is 0.568. The number of piperidine rings is 1. The summed E-state index contributed by atoms with van der Waals surface area (Å²) in [6.45, 7) is 1.72. The van der Waals surface area contributed by atoms with Gasteiger partial charge in [0.15, 0.2) is 0 Å². The summed E-state index contributed by atoms with van der Waals surface area (Å²) < 4.78 is 32.2. The maximum Gasteiger partial charge on any atom is 0.250 e. The summed E-state index contributed by atoms with van der Waals surface area (Å²) in [6.07, 6.45) is 4.83. The zero-order valence-corrected chi connectivity index (χ0v) is 18.8. The van der Waals surface area contributed by atoms with Crippen molar-refractivity contribution in [3.05, 3.63) is 78.1 Å². The van der Waals surface area contributed by atoms with Crippen molar-refractivity contribution in [2.24, 2.45) is 5.10 Å². The molecule has 0 spiro atoms. The van der Waals surface area contributed by atoms with Crippen LogP contribution in [0.15, 0.2) is 70.2 Å². The van der Waals surface area contributed by atoms with Gasteiger partial charge in [-0.1, -0.05) is 0 Å². The quantitative estimate of drug-likeness (QED) is 0.266. The van der Waals surface area contributed by atoms with Gasteiger partial charge in [0.05, 0.1) is 6.21 Å². The van der Waals surface area contributed by atoms with Crippen LogP contribution in [0.2, 0.25) is 0 Å². The van der Waals surface area contributed by atoms with Crippen molar-refractivity contribution in [1.82, 2.24) is 15.0 Å². The number of halogens is 2. The Bertz CT molecular complexity index is 1300. The second kappa shape index (κ2) is 10.3. The molecule has 1 fully saturated rings. The van der Waals surface area contributed by atoms with E-state index in [-0.39, 0.29) is 17.6 Å². The van der Waals surface area contributed by atoms with Gasteiger partial charge in [-0.05, 0) is 79.9 Å². The largest absolute Gasteiger partial charge is 0.455 e. The van der Waals surface area contributed by atoms with Crippen LogP contribution >= 0.6 is 0 Å². The van der Waals surface area contributed by atoms with E-state index in [4.69, 9.17) is 4.42 Å². The van der Waals surface area contributed by atoms with Crippen molar-refractivity contribution in [3.8, 4) is 11.3 Å². The van der Waals surface area contributed by atoms with Crippen molar-refractivity contribution < 1.29 is 13.2 Å². The fourth-order valence-corrected chi connectivity index (χ4v) is 3.71. The Morgan fingerprint density at radius 1 is 0.800 bits per heavy atom. The molecule has 35 heavy (non-hydrogen) atoms. The Balaban J connectivity index is 1.33. The van der Waals surface area contributed by atoms with Gasteiger partial charge < -0.3 is 14.6 Å². The van der Waals surface area contributed by atoms with Gasteiger partial charge in [0, 0.05) is 24.3 Å². The van der Waals surface area contributed by atoms with Gasteiger partial charge in [0.25, 0.3) is 0 Å². The van der Waals surface area contributed by atoms with Crippen LogP contribution in [-0.2, 0) is 0 Å². The van der Waals surface area contributed by atoms with Crippen LogP contribution in [0, 0.1) is 11.6 Å². The molecular formula is C25H23F2N7O. The molecule has 0 saturated carbocycles. The molecule has 4 aromatic rings. The van der Waals surface area contributed by atoms with E-state index in [2.05, 4.69) is 35.7 Å². The van der Waals surface area contributed by atoms with E-state index in [1.807, 2.05) is 0 Å². The molecule has 0 amide bonds.